The molecule has 0 aliphatic carbocycles. The van der Waals surface area contributed by atoms with Gasteiger partial charge >= 0.3 is 0 Å². The molecule has 0 saturated heterocycles. The molecule has 0 atom stereocenters. The summed E-state index contributed by atoms with van der Waals surface area (Å²) in [6, 6.07) is 14.9. The standard InChI is InChI=1S/C18H16N4O3/c19-16-17(20-11-21-18(16)25-13-4-2-1-3-5-13)22-12-6-7-14-15(10-12)24-9-8-23-14/h1-7,10-11H,8-9,19H2,(H,20,21,22). The second kappa shape index (κ2) is 6.56. The van der Waals surface area contributed by atoms with Gasteiger partial charge in [-0.2, -0.15) is 4.98 Å². The van der Waals surface area contributed by atoms with Crippen molar-refractivity contribution in [1.29, 1.82) is 0 Å². The Morgan fingerprint density at radius 3 is 2.60 bits per heavy atom. The molecule has 2 aromatic carbocycles. The van der Waals surface area contributed by atoms with Crippen LogP contribution in [0, 0.1) is 0 Å². The molecule has 1 aliphatic rings. The predicted molar refractivity (Wildman–Crippen MR) is 93.7 cm³/mol. The molecule has 3 N–H and O–H groups in total. The van der Waals surface area contributed by atoms with Crippen LogP contribution in [0.3, 0.4) is 0 Å². The summed E-state index contributed by atoms with van der Waals surface area (Å²) in [5.74, 6) is 2.81. The third-order valence-corrected chi connectivity index (χ3v) is 3.61. The molecule has 3 aromatic rings. The Labute approximate surface area is 144 Å². The van der Waals surface area contributed by atoms with E-state index in [0.717, 1.165) is 11.4 Å². The van der Waals surface area contributed by atoms with Crippen LogP contribution in [0.25, 0.3) is 0 Å². The Bertz CT molecular complexity index is 887. The van der Waals surface area contributed by atoms with Crippen molar-refractivity contribution in [3.8, 4) is 23.1 Å². The van der Waals surface area contributed by atoms with E-state index < -0.39 is 0 Å². The van der Waals surface area contributed by atoms with Gasteiger partial charge in [0.1, 0.15) is 31.0 Å². The molecule has 0 fully saturated rings. The van der Waals surface area contributed by atoms with E-state index in [1.165, 1.54) is 6.33 Å². The van der Waals surface area contributed by atoms with Gasteiger partial charge in [0.2, 0.25) is 5.88 Å². The lowest BCUT2D eigenvalue weighted by Gasteiger charge is -2.19. The number of anilines is 3. The van der Waals surface area contributed by atoms with Crippen LogP contribution < -0.4 is 25.3 Å². The molecular formula is C18H16N4O3. The van der Waals surface area contributed by atoms with E-state index in [0.29, 0.717) is 42.1 Å². The summed E-state index contributed by atoms with van der Waals surface area (Å²) < 4.78 is 16.8. The molecular weight excluding hydrogens is 320 g/mol. The fraction of sp³-hybridized carbons (Fsp3) is 0.111. The van der Waals surface area contributed by atoms with Crippen LogP contribution in [0.4, 0.5) is 17.2 Å². The zero-order valence-electron chi connectivity index (χ0n) is 13.3. The molecule has 0 saturated carbocycles. The first kappa shape index (κ1) is 15.1. The monoisotopic (exact) mass is 336 g/mol. The lowest BCUT2D eigenvalue weighted by Crippen LogP contribution is -2.15. The summed E-state index contributed by atoms with van der Waals surface area (Å²) in [5, 5.41) is 3.16. The van der Waals surface area contributed by atoms with E-state index in [-0.39, 0.29) is 0 Å². The molecule has 0 radical (unpaired) electrons. The molecule has 7 nitrogen and oxygen atoms in total. The lowest BCUT2D eigenvalue weighted by molar-refractivity contribution is 0.171. The molecule has 0 spiro atoms. The molecule has 4 rings (SSSR count). The van der Waals surface area contributed by atoms with E-state index >= 15 is 0 Å². The van der Waals surface area contributed by atoms with Crippen LogP contribution in [0.1, 0.15) is 0 Å². The van der Waals surface area contributed by atoms with Crippen LogP contribution in [-0.4, -0.2) is 23.2 Å². The van der Waals surface area contributed by atoms with Crippen molar-refractivity contribution in [2.24, 2.45) is 0 Å². The number of ether oxygens (including phenoxy) is 3. The topological polar surface area (TPSA) is 91.5 Å². The van der Waals surface area contributed by atoms with E-state index in [2.05, 4.69) is 15.3 Å². The van der Waals surface area contributed by atoms with Gasteiger partial charge in [0.25, 0.3) is 0 Å². The first-order valence-electron chi connectivity index (χ1n) is 7.79. The fourth-order valence-electron chi connectivity index (χ4n) is 2.42. The molecule has 25 heavy (non-hydrogen) atoms. The number of nitrogens with two attached hydrogens (primary N) is 1. The van der Waals surface area contributed by atoms with E-state index in [1.807, 2.05) is 48.5 Å². The average Bonchev–Trinajstić information content (AvgIpc) is 2.66. The molecule has 126 valence electrons. The summed E-state index contributed by atoms with van der Waals surface area (Å²) in [4.78, 5) is 8.29. The molecule has 7 heteroatoms. The van der Waals surface area contributed by atoms with Gasteiger partial charge in [0.15, 0.2) is 17.3 Å². The number of nitrogens with zero attached hydrogens (tertiary/aromatic N) is 2. The Hall–Kier alpha value is -3.48. The Kier molecular flexibility index (Phi) is 3.96. The van der Waals surface area contributed by atoms with Crippen molar-refractivity contribution in [2.45, 2.75) is 0 Å². The summed E-state index contributed by atoms with van der Waals surface area (Å²) in [5.41, 5.74) is 7.25. The van der Waals surface area contributed by atoms with Gasteiger partial charge in [-0.15, -0.1) is 0 Å². The van der Waals surface area contributed by atoms with Crippen LogP contribution in [0.15, 0.2) is 54.9 Å². The van der Waals surface area contributed by atoms with Crippen LogP contribution in [0.5, 0.6) is 23.1 Å². The number of para-hydroxylation sites is 1. The van der Waals surface area contributed by atoms with Gasteiger partial charge in [0.05, 0.1) is 0 Å². The number of benzene rings is 2. The average molecular weight is 336 g/mol. The first-order chi connectivity index (χ1) is 12.3. The van der Waals surface area contributed by atoms with Gasteiger partial charge in [0, 0.05) is 11.8 Å². The molecule has 1 aromatic heterocycles. The second-order valence-electron chi connectivity index (χ2n) is 5.34. The number of aromatic nitrogens is 2. The van der Waals surface area contributed by atoms with Crippen molar-refractivity contribution >= 4 is 17.2 Å². The van der Waals surface area contributed by atoms with Gasteiger partial charge in [-0.05, 0) is 24.3 Å². The molecule has 0 bridgehead atoms. The van der Waals surface area contributed by atoms with E-state index in [4.69, 9.17) is 19.9 Å². The van der Waals surface area contributed by atoms with Crippen molar-refractivity contribution in [3.63, 3.8) is 0 Å². The maximum absolute atomic E-state index is 6.15. The number of hydrogen-bond donors (Lipinski definition) is 2. The number of nitrogens with one attached hydrogen (secondary N) is 1. The first-order valence-corrected chi connectivity index (χ1v) is 7.79. The Morgan fingerprint density at radius 1 is 0.960 bits per heavy atom. The van der Waals surface area contributed by atoms with Crippen molar-refractivity contribution < 1.29 is 14.2 Å². The minimum atomic E-state index is 0.293. The van der Waals surface area contributed by atoms with Crippen molar-refractivity contribution in [3.05, 3.63) is 54.9 Å². The summed E-state index contributed by atoms with van der Waals surface area (Å²) in [6.07, 6.45) is 1.40. The zero-order chi connectivity index (χ0) is 17.1. The smallest absolute Gasteiger partial charge is 0.248 e. The quantitative estimate of drug-likeness (QED) is 0.754. The number of nitrogen functional groups attached to an aromatic ring is 1. The molecule has 1 aliphatic heterocycles. The third kappa shape index (κ3) is 3.25. The normalized spacial score (nSPS) is 12.5. The molecule has 0 amide bonds. The Morgan fingerprint density at radius 2 is 1.76 bits per heavy atom. The van der Waals surface area contributed by atoms with Crippen molar-refractivity contribution in [2.75, 3.05) is 24.3 Å². The fourth-order valence-corrected chi connectivity index (χ4v) is 2.42. The third-order valence-electron chi connectivity index (χ3n) is 3.61. The molecule has 0 unspecified atom stereocenters. The van der Waals surface area contributed by atoms with E-state index in [1.54, 1.807) is 0 Å². The largest absolute Gasteiger partial charge is 0.486 e. The van der Waals surface area contributed by atoms with Crippen LogP contribution in [0.2, 0.25) is 0 Å². The highest BCUT2D eigenvalue weighted by Gasteiger charge is 2.14. The van der Waals surface area contributed by atoms with Gasteiger partial charge in [-0.1, -0.05) is 18.2 Å². The van der Waals surface area contributed by atoms with Crippen LogP contribution >= 0.6 is 0 Å². The minimum Gasteiger partial charge on any atom is -0.486 e. The predicted octanol–water partition coefficient (Wildman–Crippen LogP) is 3.37. The van der Waals surface area contributed by atoms with Gasteiger partial charge < -0.3 is 25.3 Å². The Balaban J connectivity index is 1.58. The summed E-state index contributed by atoms with van der Waals surface area (Å²) in [6.45, 7) is 1.08. The number of hydrogen-bond acceptors (Lipinski definition) is 7. The van der Waals surface area contributed by atoms with E-state index in [9.17, 15) is 0 Å². The lowest BCUT2D eigenvalue weighted by atomic mass is 10.2. The van der Waals surface area contributed by atoms with Crippen molar-refractivity contribution in [1.82, 2.24) is 9.97 Å². The zero-order valence-corrected chi connectivity index (χ0v) is 13.3. The van der Waals surface area contributed by atoms with Gasteiger partial charge in [-0.3, -0.25) is 0 Å². The summed E-state index contributed by atoms with van der Waals surface area (Å²) >= 11 is 0. The minimum absolute atomic E-state index is 0.293. The van der Waals surface area contributed by atoms with Crippen LogP contribution in [-0.2, 0) is 0 Å². The highest BCUT2D eigenvalue weighted by atomic mass is 16.6. The SMILES string of the molecule is Nc1c(Nc2ccc3c(c2)OCCO3)ncnc1Oc1ccccc1. The highest BCUT2D eigenvalue weighted by molar-refractivity contribution is 5.73. The number of rotatable bonds is 4. The highest BCUT2D eigenvalue weighted by Crippen LogP contribution is 2.35. The van der Waals surface area contributed by atoms with Gasteiger partial charge in [-0.25, -0.2) is 4.98 Å². The molecule has 2 heterocycles. The second-order valence-corrected chi connectivity index (χ2v) is 5.34. The maximum atomic E-state index is 6.15. The number of fused-ring (bicyclic) bond motifs is 1. The maximum Gasteiger partial charge on any atom is 0.248 e. The summed E-state index contributed by atoms with van der Waals surface area (Å²) in [7, 11) is 0.